The van der Waals surface area contributed by atoms with Gasteiger partial charge in [-0.25, -0.2) is 4.98 Å². The van der Waals surface area contributed by atoms with E-state index in [0.717, 1.165) is 31.0 Å². The van der Waals surface area contributed by atoms with Gasteiger partial charge in [0.15, 0.2) is 0 Å². The summed E-state index contributed by atoms with van der Waals surface area (Å²) in [5.74, 6) is 2.07. The molecule has 1 fully saturated rings. The Hall–Kier alpha value is -1.32. The zero-order valence-corrected chi connectivity index (χ0v) is 13.3. The Balaban J connectivity index is 2.02. The highest BCUT2D eigenvalue weighted by Gasteiger charge is 2.27. The van der Waals surface area contributed by atoms with Crippen molar-refractivity contribution in [1.82, 2.24) is 4.98 Å². The first-order chi connectivity index (χ1) is 10.2. The van der Waals surface area contributed by atoms with Crippen molar-refractivity contribution in [1.29, 1.82) is 0 Å². The third-order valence-electron chi connectivity index (χ3n) is 4.40. The van der Waals surface area contributed by atoms with Crippen LogP contribution in [-0.4, -0.2) is 31.3 Å². The summed E-state index contributed by atoms with van der Waals surface area (Å²) in [6, 6.07) is 10.5. The van der Waals surface area contributed by atoms with Crippen LogP contribution in [0.5, 0.6) is 0 Å². The summed E-state index contributed by atoms with van der Waals surface area (Å²) in [5, 5.41) is 2.39. The minimum absolute atomic E-state index is 0.263. The third-order valence-corrected chi connectivity index (χ3v) is 4.68. The van der Waals surface area contributed by atoms with E-state index >= 15 is 0 Å². The predicted molar refractivity (Wildman–Crippen MR) is 88.1 cm³/mol. The van der Waals surface area contributed by atoms with E-state index in [1.165, 1.54) is 10.8 Å². The van der Waals surface area contributed by atoms with Gasteiger partial charge in [0.05, 0.1) is 17.7 Å². The minimum Gasteiger partial charge on any atom is -0.379 e. The average Bonchev–Trinajstić information content (AvgIpc) is 2.54. The lowest BCUT2D eigenvalue weighted by Crippen LogP contribution is -2.44. The Morgan fingerprint density at radius 2 is 2.19 bits per heavy atom. The largest absolute Gasteiger partial charge is 0.379 e. The summed E-state index contributed by atoms with van der Waals surface area (Å²) in [6.07, 6.45) is 1.39. The fraction of sp³-hybridized carbons (Fsp3) is 0.471. The summed E-state index contributed by atoms with van der Waals surface area (Å²) >= 11 is 6.01. The van der Waals surface area contributed by atoms with Crippen molar-refractivity contribution in [2.75, 3.05) is 25.1 Å². The quantitative estimate of drug-likeness (QED) is 0.806. The van der Waals surface area contributed by atoms with Crippen LogP contribution in [0.4, 0.5) is 5.82 Å². The topological polar surface area (TPSA) is 25.4 Å². The van der Waals surface area contributed by atoms with Crippen molar-refractivity contribution in [3.8, 4) is 0 Å². The zero-order chi connectivity index (χ0) is 14.8. The van der Waals surface area contributed by atoms with E-state index in [2.05, 4.69) is 42.2 Å². The normalized spacial score (nSPS) is 22.7. The fourth-order valence-corrected chi connectivity index (χ4v) is 3.21. The maximum Gasteiger partial charge on any atom is 0.136 e. The molecule has 0 saturated carbocycles. The molecule has 112 valence electrons. The van der Waals surface area contributed by atoms with Gasteiger partial charge in [-0.05, 0) is 23.8 Å². The van der Waals surface area contributed by atoms with Gasteiger partial charge in [-0.1, -0.05) is 31.2 Å². The van der Waals surface area contributed by atoms with Crippen molar-refractivity contribution in [3.05, 3.63) is 36.0 Å². The number of anilines is 1. The Morgan fingerprint density at radius 3 is 2.95 bits per heavy atom. The summed E-state index contributed by atoms with van der Waals surface area (Å²) in [4.78, 5) is 7.12. The summed E-state index contributed by atoms with van der Waals surface area (Å²) in [5.41, 5.74) is 0.929. The van der Waals surface area contributed by atoms with Crippen molar-refractivity contribution < 1.29 is 4.74 Å². The smallest absolute Gasteiger partial charge is 0.136 e. The van der Waals surface area contributed by atoms with Crippen LogP contribution in [0.2, 0.25) is 0 Å². The Morgan fingerprint density at radius 1 is 1.38 bits per heavy atom. The molecule has 1 aromatic heterocycles. The van der Waals surface area contributed by atoms with Gasteiger partial charge in [-0.15, -0.1) is 11.6 Å². The van der Waals surface area contributed by atoms with Crippen LogP contribution in [0.25, 0.3) is 10.8 Å². The number of hydrogen-bond acceptors (Lipinski definition) is 3. The third kappa shape index (κ3) is 2.85. The van der Waals surface area contributed by atoms with Crippen molar-refractivity contribution in [2.24, 2.45) is 5.92 Å². The number of alkyl halides is 1. The van der Waals surface area contributed by atoms with Gasteiger partial charge in [0.1, 0.15) is 5.82 Å². The Bertz CT molecular complexity index is 631. The van der Waals surface area contributed by atoms with Gasteiger partial charge in [-0.2, -0.15) is 0 Å². The van der Waals surface area contributed by atoms with Gasteiger partial charge in [-0.3, -0.25) is 0 Å². The molecule has 21 heavy (non-hydrogen) atoms. The highest BCUT2D eigenvalue weighted by molar-refractivity contribution is 6.17. The lowest BCUT2D eigenvalue weighted by Gasteiger charge is -2.37. The lowest BCUT2D eigenvalue weighted by molar-refractivity contribution is 0.0497. The number of fused-ring (bicyclic) bond motifs is 1. The van der Waals surface area contributed by atoms with E-state index < -0.39 is 0 Å². The molecule has 2 atom stereocenters. The van der Waals surface area contributed by atoms with E-state index in [1.807, 2.05) is 0 Å². The van der Waals surface area contributed by atoms with E-state index in [0.29, 0.717) is 11.8 Å². The van der Waals surface area contributed by atoms with E-state index in [9.17, 15) is 0 Å². The molecule has 2 aromatic rings. The highest BCUT2D eigenvalue weighted by atomic mass is 35.5. The van der Waals surface area contributed by atoms with Crippen LogP contribution in [0, 0.1) is 5.92 Å². The van der Waals surface area contributed by atoms with Crippen molar-refractivity contribution in [2.45, 2.75) is 25.3 Å². The second-order valence-corrected chi connectivity index (χ2v) is 6.05. The van der Waals surface area contributed by atoms with Crippen LogP contribution >= 0.6 is 11.6 Å². The molecule has 1 aliphatic heterocycles. The average molecular weight is 305 g/mol. The molecule has 0 bridgehead atoms. The van der Waals surface area contributed by atoms with E-state index in [1.54, 1.807) is 7.11 Å². The van der Waals surface area contributed by atoms with E-state index in [4.69, 9.17) is 21.3 Å². The van der Waals surface area contributed by atoms with Gasteiger partial charge in [0.25, 0.3) is 0 Å². The van der Waals surface area contributed by atoms with Crippen LogP contribution in [0.15, 0.2) is 30.3 Å². The SMILES string of the molecule is COC1CN(c2nc(CCl)cc3ccccc23)CCC1C. The minimum atomic E-state index is 0.263. The van der Waals surface area contributed by atoms with Crippen LogP contribution in [-0.2, 0) is 10.6 Å². The first-order valence-electron chi connectivity index (χ1n) is 7.45. The van der Waals surface area contributed by atoms with Gasteiger partial charge < -0.3 is 9.64 Å². The Kier molecular flexibility index (Phi) is 4.32. The molecule has 0 N–H and O–H groups in total. The number of ether oxygens (including phenoxy) is 1. The first-order valence-corrected chi connectivity index (χ1v) is 7.98. The molecule has 0 radical (unpaired) electrons. The molecule has 3 nitrogen and oxygen atoms in total. The van der Waals surface area contributed by atoms with Gasteiger partial charge in [0.2, 0.25) is 0 Å². The number of halogens is 1. The standard InChI is InChI=1S/C17H21ClN2O/c1-12-7-8-20(11-16(12)21-2)17-15-6-4-3-5-13(15)9-14(10-18)19-17/h3-6,9,12,16H,7-8,10-11H2,1-2H3. The molecule has 0 aliphatic carbocycles. The molecule has 4 heteroatoms. The number of benzene rings is 1. The predicted octanol–water partition coefficient (Wildman–Crippen LogP) is 3.83. The number of piperidine rings is 1. The second-order valence-electron chi connectivity index (χ2n) is 5.78. The molecule has 0 amide bonds. The molecular formula is C17H21ClN2O. The van der Waals surface area contributed by atoms with Gasteiger partial charge in [0, 0.05) is 25.6 Å². The molecule has 1 aliphatic rings. The number of aromatic nitrogens is 1. The lowest BCUT2D eigenvalue weighted by atomic mass is 9.95. The van der Waals surface area contributed by atoms with Gasteiger partial charge >= 0.3 is 0 Å². The molecule has 3 rings (SSSR count). The van der Waals surface area contributed by atoms with Crippen molar-refractivity contribution in [3.63, 3.8) is 0 Å². The summed E-state index contributed by atoms with van der Waals surface area (Å²) in [7, 11) is 1.80. The number of nitrogens with zero attached hydrogens (tertiary/aromatic N) is 2. The highest BCUT2D eigenvalue weighted by Crippen LogP contribution is 2.30. The Labute approximate surface area is 130 Å². The number of hydrogen-bond donors (Lipinski definition) is 0. The number of rotatable bonds is 3. The van der Waals surface area contributed by atoms with Crippen molar-refractivity contribution >= 4 is 28.2 Å². The second kappa shape index (κ2) is 6.20. The maximum atomic E-state index is 6.01. The first kappa shape index (κ1) is 14.6. The monoisotopic (exact) mass is 304 g/mol. The number of methoxy groups -OCH3 is 1. The van der Waals surface area contributed by atoms with Crippen LogP contribution < -0.4 is 4.90 Å². The molecular weight excluding hydrogens is 284 g/mol. The molecule has 2 heterocycles. The zero-order valence-electron chi connectivity index (χ0n) is 12.6. The van der Waals surface area contributed by atoms with Crippen LogP contribution in [0.1, 0.15) is 19.0 Å². The molecule has 2 unspecified atom stereocenters. The number of pyridine rings is 1. The van der Waals surface area contributed by atoms with E-state index in [-0.39, 0.29) is 6.10 Å². The molecule has 1 aromatic carbocycles. The van der Waals surface area contributed by atoms with Crippen LogP contribution in [0.3, 0.4) is 0 Å². The summed E-state index contributed by atoms with van der Waals surface area (Å²) < 4.78 is 5.63. The molecule has 1 saturated heterocycles. The molecule has 0 spiro atoms. The summed E-state index contributed by atoms with van der Waals surface area (Å²) in [6.45, 7) is 4.16. The fourth-order valence-electron chi connectivity index (χ4n) is 3.08. The maximum absolute atomic E-state index is 6.01.